The number of rotatable bonds is 2. The van der Waals surface area contributed by atoms with Gasteiger partial charge in [0.05, 0.1) is 0 Å². The molecule has 1 saturated carbocycles. The largest absolute Gasteiger partial charge is 0.308 e. The standard InChI is InChI=1S/C16H32N2/c1-14(2,3)10-11-18-13-16(8-6-7-9-16)17-12-15(18,4)5/h17H,6-13H2,1-5H3. The van der Waals surface area contributed by atoms with Gasteiger partial charge in [-0.15, -0.1) is 0 Å². The zero-order chi connectivity index (χ0) is 13.4. The van der Waals surface area contributed by atoms with Gasteiger partial charge >= 0.3 is 0 Å². The molecule has 1 spiro atoms. The maximum Gasteiger partial charge on any atom is 0.0309 e. The maximum atomic E-state index is 3.87. The van der Waals surface area contributed by atoms with E-state index in [2.05, 4.69) is 44.8 Å². The third kappa shape index (κ3) is 3.27. The fraction of sp³-hybridized carbons (Fsp3) is 1.00. The van der Waals surface area contributed by atoms with Gasteiger partial charge in [0.1, 0.15) is 0 Å². The van der Waals surface area contributed by atoms with Crippen molar-refractivity contribution in [2.45, 2.75) is 77.8 Å². The van der Waals surface area contributed by atoms with E-state index in [0.29, 0.717) is 16.5 Å². The SMILES string of the molecule is CC(C)(C)CCN1CC2(CCCC2)NCC1(C)C. The molecule has 2 fully saturated rings. The van der Waals surface area contributed by atoms with E-state index >= 15 is 0 Å². The van der Waals surface area contributed by atoms with Gasteiger partial charge in [-0.05, 0) is 45.1 Å². The van der Waals surface area contributed by atoms with Crippen LogP contribution in [0.3, 0.4) is 0 Å². The van der Waals surface area contributed by atoms with Crippen LogP contribution in [0, 0.1) is 5.41 Å². The number of hydrogen-bond acceptors (Lipinski definition) is 2. The van der Waals surface area contributed by atoms with E-state index < -0.39 is 0 Å². The first-order valence-corrected chi connectivity index (χ1v) is 7.73. The minimum atomic E-state index is 0.319. The van der Waals surface area contributed by atoms with Crippen molar-refractivity contribution in [3.8, 4) is 0 Å². The molecular formula is C16H32N2. The molecule has 0 unspecified atom stereocenters. The molecule has 2 heteroatoms. The Morgan fingerprint density at radius 1 is 1.11 bits per heavy atom. The van der Waals surface area contributed by atoms with Crippen LogP contribution in [0.25, 0.3) is 0 Å². The summed E-state index contributed by atoms with van der Waals surface area (Å²) in [7, 11) is 0. The lowest BCUT2D eigenvalue weighted by Crippen LogP contribution is -2.67. The molecule has 2 rings (SSSR count). The Morgan fingerprint density at radius 2 is 1.72 bits per heavy atom. The van der Waals surface area contributed by atoms with Crippen LogP contribution in [-0.4, -0.2) is 35.6 Å². The Morgan fingerprint density at radius 3 is 2.28 bits per heavy atom. The highest BCUT2D eigenvalue weighted by Gasteiger charge is 2.43. The Hall–Kier alpha value is -0.0800. The lowest BCUT2D eigenvalue weighted by molar-refractivity contribution is 0.0209. The summed E-state index contributed by atoms with van der Waals surface area (Å²) in [4.78, 5) is 2.75. The Kier molecular flexibility index (Phi) is 3.81. The molecule has 1 N–H and O–H groups in total. The fourth-order valence-corrected chi connectivity index (χ4v) is 3.39. The van der Waals surface area contributed by atoms with Crippen molar-refractivity contribution < 1.29 is 0 Å². The van der Waals surface area contributed by atoms with Crippen LogP contribution >= 0.6 is 0 Å². The third-order valence-electron chi connectivity index (χ3n) is 4.94. The van der Waals surface area contributed by atoms with E-state index in [-0.39, 0.29) is 0 Å². The predicted octanol–water partition coefficient (Wildman–Crippen LogP) is 3.42. The molecule has 1 saturated heterocycles. The van der Waals surface area contributed by atoms with E-state index in [1.54, 1.807) is 0 Å². The van der Waals surface area contributed by atoms with Crippen molar-refractivity contribution in [2.24, 2.45) is 5.41 Å². The third-order valence-corrected chi connectivity index (χ3v) is 4.94. The first-order chi connectivity index (χ1) is 8.23. The van der Waals surface area contributed by atoms with Gasteiger partial charge in [-0.25, -0.2) is 0 Å². The number of hydrogen-bond donors (Lipinski definition) is 1. The normalized spacial score (nSPS) is 27.8. The highest BCUT2D eigenvalue weighted by atomic mass is 15.3. The summed E-state index contributed by atoms with van der Waals surface area (Å²) in [5.41, 5.74) is 1.22. The van der Waals surface area contributed by atoms with Gasteiger partial charge in [0.15, 0.2) is 0 Å². The lowest BCUT2D eigenvalue weighted by atomic mass is 9.85. The van der Waals surface area contributed by atoms with E-state index in [9.17, 15) is 0 Å². The molecule has 0 radical (unpaired) electrons. The van der Waals surface area contributed by atoms with Crippen molar-refractivity contribution >= 4 is 0 Å². The van der Waals surface area contributed by atoms with Crippen LogP contribution < -0.4 is 5.32 Å². The van der Waals surface area contributed by atoms with E-state index in [1.807, 2.05) is 0 Å². The summed E-state index contributed by atoms with van der Waals surface area (Å²) in [6, 6.07) is 0. The quantitative estimate of drug-likeness (QED) is 0.810. The minimum absolute atomic E-state index is 0.319. The van der Waals surface area contributed by atoms with Crippen LogP contribution in [0.4, 0.5) is 0 Å². The Labute approximate surface area is 114 Å². The number of piperazine rings is 1. The molecule has 0 amide bonds. The topological polar surface area (TPSA) is 15.3 Å². The van der Waals surface area contributed by atoms with Crippen LogP contribution in [0.1, 0.15) is 66.7 Å². The van der Waals surface area contributed by atoms with E-state index in [4.69, 9.17) is 0 Å². The zero-order valence-corrected chi connectivity index (χ0v) is 13.1. The highest BCUT2D eigenvalue weighted by Crippen LogP contribution is 2.36. The summed E-state index contributed by atoms with van der Waals surface area (Å²) in [6.45, 7) is 15.5. The van der Waals surface area contributed by atoms with Gasteiger partial charge in [-0.1, -0.05) is 33.6 Å². The fourth-order valence-electron chi connectivity index (χ4n) is 3.39. The van der Waals surface area contributed by atoms with Crippen molar-refractivity contribution in [1.29, 1.82) is 0 Å². The van der Waals surface area contributed by atoms with E-state index in [0.717, 1.165) is 6.54 Å². The summed E-state index contributed by atoms with van der Waals surface area (Å²) >= 11 is 0. The Bertz CT molecular complexity index is 282. The van der Waals surface area contributed by atoms with Crippen LogP contribution in [-0.2, 0) is 0 Å². The molecule has 1 heterocycles. The second-order valence-corrected chi connectivity index (χ2v) is 8.39. The number of nitrogens with one attached hydrogen (secondary N) is 1. The van der Waals surface area contributed by atoms with Crippen LogP contribution in [0.2, 0.25) is 0 Å². The molecule has 1 aliphatic carbocycles. The summed E-state index contributed by atoms with van der Waals surface area (Å²) in [5, 5.41) is 3.87. The summed E-state index contributed by atoms with van der Waals surface area (Å²) < 4.78 is 0. The molecule has 0 aromatic rings. The predicted molar refractivity (Wildman–Crippen MR) is 78.9 cm³/mol. The van der Waals surface area contributed by atoms with Crippen LogP contribution in [0.15, 0.2) is 0 Å². The first kappa shape index (κ1) is 14.3. The average Bonchev–Trinajstić information content (AvgIpc) is 2.68. The van der Waals surface area contributed by atoms with Crippen LogP contribution in [0.5, 0.6) is 0 Å². The van der Waals surface area contributed by atoms with Gasteiger partial charge < -0.3 is 5.32 Å². The van der Waals surface area contributed by atoms with Gasteiger partial charge in [0, 0.05) is 24.2 Å². The second kappa shape index (κ2) is 4.79. The molecule has 2 aliphatic rings. The molecule has 0 aromatic carbocycles. The average molecular weight is 252 g/mol. The molecule has 18 heavy (non-hydrogen) atoms. The second-order valence-electron chi connectivity index (χ2n) is 8.39. The molecule has 0 aromatic heterocycles. The van der Waals surface area contributed by atoms with E-state index in [1.165, 1.54) is 45.2 Å². The maximum absolute atomic E-state index is 3.87. The highest BCUT2D eigenvalue weighted by molar-refractivity contribution is 5.04. The molecule has 2 nitrogen and oxygen atoms in total. The van der Waals surface area contributed by atoms with Crippen molar-refractivity contribution in [3.63, 3.8) is 0 Å². The summed E-state index contributed by atoms with van der Waals surface area (Å²) in [6.07, 6.45) is 6.90. The van der Waals surface area contributed by atoms with Gasteiger partial charge in [0.2, 0.25) is 0 Å². The lowest BCUT2D eigenvalue weighted by Gasteiger charge is -2.51. The Balaban J connectivity index is 2.00. The van der Waals surface area contributed by atoms with Gasteiger partial charge in [-0.3, -0.25) is 4.90 Å². The van der Waals surface area contributed by atoms with Gasteiger partial charge in [-0.2, -0.15) is 0 Å². The van der Waals surface area contributed by atoms with Gasteiger partial charge in [0.25, 0.3) is 0 Å². The monoisotopic (exact) mass is 252 g/mol. The zero-order valence-electron chi connectivity index (χ0n) is 13.1. The molecular weight excluding hydrogens is 220 g/mol. The van der Waals surface area contributed by atoms with Crippen molar-refractivity contribution in [2.75, 3.05) is 19.6 Å². The first-order valence-electron chi connectivity index (χ1n) is 7.73. The minimum Gasteiger partial charge on any atom is -0.308 e. The molecule has 106 valence electrons. The molecule has 0 atom stereocenters. The summed E-state index contributed by atoms with van der Waals surface area (Å²) in [5.74, 6) is 0. The van der Waals surface area contributed by atoms with Crippen molar-refractivity contribution in [1.82, 2.24) is 10.2 Å². The number of nitrogens with zero attached hydrogens (tertiary/aromatic N) is 1. The molecule has 1 aliphatic heterocycles. The smallest absolute Gasteiger partial charge is 0.0309 e. The molecule has 0 bridgehead atoms. The van der Waals surface area contributed by atoms with Crippen molar-refractivity contribution in [3.05, 3.63) is 0 Å².